The minimum Gasteiger partial charge on any atom is -0.352 e. The average Bonchev–Trinajstić information content (AvgIpc) is 3.33. The van der Waals surface area contributed by atoms with E-state index in [1.165, 1.54) is 4.90 Å². The number of anilines is 2. The van der Waals surface area contributed by atoms with E-state index < -0.39 is 17.9 Å². The number of nitrogens with zero attached hydrogens (tertiary/aromatic N) is 2. The Morgan fingerprint density at radius 3 is 2.26 bits per heavy atom. The maximum absolute atomic E-state index is 13.9. The molecule has 3 heterocycles. The van der Waals surface area contributed by atoms with E-state index in [9.17, 15) is 14.4 Å². The van der Waals surface area contributed by atoms with E-state index in [1.807, 2.05) is 72.5 Å². The van der Waals surface area contributed by atoms with Gasteiger partial charge >= 0.3 is 0 Å². The summed E-state index contributed by atoms with van der Waals surface area (Å²) in [4.78, 5) is 44.8. The molecule has 2 amide bonds. The van der Waals surface area contributed by atoms with Crippen molar-refractivity contribution in [3.8, 4) is 0 Å². The quantitative estimate of drug-likeness (QED) is 0.364. The molecule has 0 N–H and O–H groups in total. The van der Waals surface area contributed by atoms with Gasteiger partial charge in [0.25, 0.3) is 0 Å². The van der Waals surface area contributed by atoms with Crippen molar-refractivity contribution in [1.82, 2.24) is 0 Å². The number of rotatable bonds is 3. The Hall–Kier alpha value is -3.51. The monoisotopic (exact) mass is 512 g/mol. The van der Waals surface area contributed by atoms with Gasteiger partial charge in [0, 0.05) is 15.7 Å². The number of hydrogen-bond donors (Lipinski definition) is 0. The summed E-state index contributed by atoms with van der Waals surface area (Å²) in [5, 5.41) is 0. The lowest BCUT2D eigenvalue weighted by Gasteiger charge is -2.36. The van der Waals surface area contributed by atoms with Crippen molar-refractivity contribution in [3.63, 3.8) is 0 Å². The van der Waals surface area contributed by atoms with Crippen LogP contribution in [0.5, 0.6) is 0 Å². The first-order chi connectivity index (χ1) is 16.5. The molecule has 0 bridgehead atoms. The molecule has 3 aromatic rings. The normalized spacial score (nSPS) is 24.8. The van der Waals surface area contributed by atoms with Crippen LogP contribution in [0, 0.1) is 18.8 Å². The van der Waals surface area contributed by atoms with Gasteiger partial charge in [-0.15, -0.1) is 0 Å². The molecule has 0 radical (unpaired) electrons. The van der Waals surface area contributed by atoms with Gasteiger partial charge in [0.15, 0.2) is 5.78 Å². The maximum Gasteiger partial charge on any atom is 0.240 e. The summed E-state index contributed by atoms with van der Waals surface area (Å²) >= 11 is 3.42. The van der Waals surface area contributed by atoms with E-state index in [0.717, 1.165) is 21.3 Å². The van der Waals surface area contributed by atoms with Gasteiger partial charge in [0.1, 0.15) is 6.04 Å². The molecule has 3 aromatic carbocycles. The van der Waals surface area contributed by atoms with Crippen LogP contribution in [0.25, 0.3) is 6.08 Å². The predicted molar refractivity (Wildman–Crippen MR) is 135 cm³/mol. The highest BCUT2D eigenvalue weighted by molar-refractivity contribution is 9.10. The first-order valence-corrected chi connectivity index (χ1v) is 12.0. The van der Waals surface area contributed by atoms with Gasteiger partial charge < -0.3 is 4.90 Å². The van der Waals surface area contributed by atoms with Crippen molar-refractivity contribution in [2.75, 3.05) is 9.80 Å². The smallest absolute Gasteiger partial charge is 0.240 e. The second-order valence-corrected chi connectivity index (χ2v) is 9.95. The number of Topliss-reactive ketones (excluding diaryl/α,β-unsaturated/α-hetero) is 1. The topological polar surface area (TPSA) is 57.7 Å². The van der Waals surface area contributed by atoms with Crippen LogP contribution in [0.15, 0.2) is 83.3 Å². The summed E-state index contributed by atoms with van der Waals surface area (Å²) in [7, 11) is 0. The third-order valence-electron chi connectivity index (χ3n) is 7.10. The molecule has 3 aliphatic rings. The van der Waals surface area contributed by atoms with Crippen LogP contribution in [-0.4, -0.2) is 29.7 Å². The number of aryl methyl sites for hydroxylation is 1. The second-order valence-electron chi connectivity index (χ2n) is 9.03. The Kier molecular flexibility index (Phi) is 4.81. The zero-order valence-corrected chi connectivity index (χ0v) is 20.0. The molecule has 3 aliphatic heterocycles. The Morgan fingerprint density at radius 1 is 0.853 bits per heavy atom. The molecular formula is C28H21BrN2O3. The molecular weight excluding hydrogens is 492 g/mol. The molecule has 0 spiro atoms. The summed E-state index contributed by atoms with van der Waals surface area (Å²) in [5.74, 6) is -2.09. The largest absolute Gasteiger partial charge is 0.352 e. The lowest BCUT2D eigenvalue weighted by atomic mass is 9.86. The van der Waals surface area contributed by atoms with Crippen LogP contribution in [0.1, 0.15) is 21.5 Å². The van der Waals surface area contributed by atoms with Gasteiger partial charge in [0.05, 0.1) is 23.6 Å². The first-order valence-electron chi connectivity index (χ1n) is 11.3. The Labute approximate surface area is 205 Å². The van der Waals surface area contributed by atoms with Crippen molar-refractivity contribution >= 4 is 51.0 Å². The molecule has 5 nitrogen and oxygen atoms in total. The number of para-hydroxylation sites is 1. The number of ketones is 1. The number of imide groups is 1. The van der Waals surface area contributed by atoms with Crippen molar-refractivity contribution in [2.45, 2.75) is 19.0 Å². The number of benzene rings is 3. The minimum absolute atomic E-state index is 0.151. The molecule has 2 fully saturated rings. The summed E-state index contributed by atoms with van der Waals surface area (Å²) in [6.45, 7) is 1.96. The maximum atomic E-state index is 13.9. The lowest BCUT2D eigenvalue weighted by molar-refractivity contribution is -0.122. The number of carbonyl (C=O) groups is 3. The van der Waals surface area contributed by atoms with Gasteiger partial charge in [-0.25, -0.2) is 4.90 Å². The SMILES string of the molecule is Cc1ccc(N2C(=O)[C@@H]3[C@H](C2=O)[C@H]2C=Cc4ccccc4N2[C@@H]3C(=O)c2ccc(Br)cc2)cc1. The zero-order chi connectivity index (χ0) is 23.6. The zero-order valence-electron chi connectivity index (χ0n) is 18.4. The number of amides is 2. The summed E-state index contributed by atoms with van der Waals surface area (Å²) in [6.07, 6.45) is 3.96. The minimum atomic E-state index is -0.769. The van der Waals surface area contributed by atoms with E-state index in [2.05, 4.69) is 15.9 Å². The standard InChI is InChI=1S/C28H21BrN2O3/c1-16-6-13-20(14-7-16)30-27(33)23-22-15-10-17-4-2-3-5-21(17)31(22)25(24(23)28(30)34)26(32)18-8-11-19(29)12-9-18/h2-15,22-25H,1H3/t22-,23-,24-,25+/m1/s1. The summed E-state index contributed by atoms with van der Waals surface area (Å²) < 4.78 is 0.871. The molecule has 0 aromatic heterocycles. The summed E-state index contributed by atoms with van der Waals surface area (Å²) in [5.41, 5.74) is 3.97. The van der Waals surface area contributed by atoms with Crippen LogP contribution < -0.4 is 9.80 Å². The second kappa shape index (κ2) is 7.77. The Bertz CT molecular complexity index is 1360. The molecule has 34 heavy (non-hydrogen) atoms. The highest BCUT2D eigenvalue weighted by atomic mass is 79.9. The van der Waals surface area contributed by atoms with E-state index in [1.54, 1.807) is 24.3 Å². The molecule has 0 aliphatic carbocycles. The summed E-state index contributed by atoms with van der Waals surface area (Å²) in [6, 6.07) is 21.2. The number of carbonyl (C=O) groups excluding carboxylic acids is 3. The Morgan fingerprint density at radius 2 is 1.53 bits per heavy atom. The number of hydrogen-bond acceptors (Lipinski definition) is 4. The molecule has 4 atom stereocenters. The van der Waals surface area contributed by atoms with Gasteiger partial charge in [-0.2, -0.15) is 0 Å². The van der Waals surface area contributed by atoms with E-state index in [4.69, 9.17) is 0 Å². The van der Waals surface area contributed by atoms with Gasteiger partial charge in [-0.3, -0.25) is 14.4 Å². The Balaban J connectivity index is 1.49. The van der Waals surface area contributed by atoms with Crippen molar-refractivity contribution in [3.05, 3.63) is 100 Å². The van der Waals surface area contributed by atoms with Crippen LogP contribution in [0.4, 0.5) is 11.4 Å². The number of fused-ring (bicyclic) bond motifs is 5. The van der Waals surface area contributed by atoms with E-state index in [0.29, 0.717) is 11.3 Å². The van der Waals surface area contributed by atoms with Gasteiger partial charge in [0.2, 0.25) is 11.8 Å². The van der Waals surface area contributed by atoms with Crippen LogP contribution >= 0.6 is 15.9 Å². The first kappa shape index (κ1) is 21.1. The fourth-order valence-corrected chi connectivity index (χ4v) is 5.81. The van der Waals surface area contributed by atoms with Crippen LogP contribution in [0.3, 0.4) is 0 Å². The molecule has 6 rings (SSSR count). The van der Waals surface area contributed by atoms with Gasteiger partial charge in [-0.05, 0) is 42.8 Å². The lowest BCUT2D eigenvalue weighted by Crippen LogP contribution is -2.48. The third-order valence-corrected chi connectivity index (χ3v) is 7.63. The number of halogens is 1. The van der Waals surface area contributed by atoms with E-state index >= 15 is 0 Å². The highest BCUT2D eigenvalue weighted by Crippen LogP contribution is 2.49. The molecule has 0 saturated carbocycles. The fourth-order valence-electron chi connectivity index (χ4n) is 5.55. The van der Waals surface area contributed by atoms with Crippen molar-refractivity contribution < 1.29 is 14.4 Å². The third kappa shape index (κ3) is 3.02. The van der Waals surface area contributed by atoms with Crippen molar-refractivity contribution in [2.24, 2.45) is 11.8 Å². The van der Waals surface area contributed by atoms with Crippen molar-refractivity contribution in [1.29, 1.82) is 0 Å². The molecule has 2 saturated heterocycles. The van der Waals surface area contributed by atoms with Gasteiger partial charge in [-0.1, -0.05) is 76.1 Å². The fraction of sp³-hybridized carbons (Fsp3) is 0.179. The predicted octanol–water partition coefficient (Wildman–Crippen LogP) is 5.03. The molecule has 0 unspecified atom stereocenters. The highest BCUT2D eigenvalue weighted by Gasteiger charge is 2.64. The van der Waals surface area contributed by atoms with Crippen LogP contribution in [0.2, 0.25) is 0 Å². The average molecular weight is 513 g/mol. The molecule has 168 valence electrons. The van der Waals surface area contributed by atoms with E-state index in [-0.39, 0.29) is 23.6 Å². The van der Waals surface area contributed by atoms with Crippen LogP contribution in [-0.2, 0) is 9.59 Å². The molecule has 6 heteroatoms.